The first-order chi connectivity index (χ1) is 10.4. The molecule has 0 radical (unpaired) electrons. The third kappa shape index (κ3) is 3.91. The molecule has 1 heterocycles. The van der Waals surface area contributed by atoms with Gasteiger partial charge in [-0.05, 0) is 25.1 Å². The summed E-state index contributed by atoms with van der Waals surface area (Å²) in [7, 11) is 1.52. The van der Waals surface area contributed by atoms with E-state index in [-0.39, 0.29) is 30.0 Å². The van der Waals surface area contributed by atoms with E-state index in [2.05, 4.69) is 5.32 Å². The second-order valence-electron chi connectivity index (χ2n) is 4.66. The molecule has 1 fully saturated rings. The lowest BCUT2D eigenvalue weighted by atomic mass is 10.2. The summed E-state index contributed by atoms with van der Waals surface area (Å²) >= 11 is 12.5. The van der Waals surface area contributed by atoms with Crippen LogP contribution in [-0.4, -0.2) is 39.9 Å². The molecule has 8 heteroatoms. The van der Waals surface area contributed by atoms with Crippen LogP contribution in [0, 0.1) is 0 Å². The van der Waals surface area contributed by atoms with E-state index in [1.54, 1.807) is 25.1 Å². The fourth-order valence-corrected chi connectivity index (χ4v) is 3.67. The molecule has 22 heavy (non-hydrogen) atoms. The molecule has 1 unspecified atom stereocenters. The first-order valence-electron chi connectivity index (χ1n) is 6.57. The van der Waals surface area contributed by atoms with Crippen LogP contribution < -0.4 is 10.1 Å². The molecule has 1 aliphatic heterocycles. The molecule has 1 saturated heterocycles. The zero-order valence-corrected chi connectivity index (χ0v) is 14.5. The van der Waals surface area contributed by atoms with Gasteiger partial charge in [-0.3, -0.25) is 14.5 Å². The number of halogens is 1. The van der Waals surface area contributed by atoms with Crippen molar-refractivity contribution in [2.24, 2.45) is 0 Å². The van der Waals surface area contributed by atoms with E-state index in [0.29, 0.717) is 20.8 Å². The molecule has 2 amide bonds. The summed E-state index contributed by atoms with van der Waals surface area (Å²) < 4.78 is 5.57. The van der Waals surface area contributed by atoms with E-state index in [1.807, 2.05) is 0 Å². The fourth-order valence-electron chi connectivity index (χ4n) is 1.96. The minimum Gasteiger partial charge on any atom is -0.495 e. The minimum atomic E-state index is -0.207. The molecular weight excluding hydrogens is 344 g/mol. The van der Waals surface area contributed by atoms with Crippen LogP contribution in [-0.2, 0) is 9.59 Å². The Morgan fingerprint density at radius 2 is 2.27 bits per heavy atom. The van der Waals surface area contributed by atoms with E-state index >= 15 is 0 Å². The fraction of sp³-hybridized carbons (Fsp3) is 0.357. The van der Waals surface area contributed by atoms with E-state index in [1.165, 1.54) is 23.8 Å². The number of amides is 2. The van der Waals surface area contributed by atoms with Crippen molar-refractivity contribution >= 4 is 57.4 Å². The summed E-state index contributed by atoms with van der Waals surface area (Å²) in [5, 5.41) is 2.98. The van der Waals surface area contributed by atoms with Gasteiger partial charge in [0, 0.05) is 18.7 Å². The highest BCUT2D eigenvalue weighted by molar-refractivity contribution is 8.24. The third-order valence-corrected chi connectivity index (χ3v) is 4.89. The second kappa shape index (κ2) is 7.30. The summed E-state index contributed by atoms with van der Waals surface area (Å²) in [5.41, 5.74) is 0.578. The molecule has 1 aliphatic rings. The molecule has 5 nitrogen and oxygen atoms in total. The molecule has 1 aromatic rings. The Balaban J connectivity index is 1.89. The van der Waals surface area contributed by atoms with Crippen LogP contribution in [0.15, 0.2) is 18.2 Å². The van der Waals surface area contributed by atoms with Crippen molar-refractivity contribution in [3.63, 3.8) is 0 Å². The Bertz CT molecular complexity index is 624. The number of benzene rings is 1. The number of anilines is 1. The highest BCUT2D eigenvalue weighted by Gasteiger charge is 2.33. The lowest BCUT2D eigenvalue weighted by molar-refractivity contribution is -0.126. The van der Waals surface area contributed by atoms with Crippen LogP contribution >= 0.6 is 35.6 Å². The van der Waals surface area contributed by atoms with Gasteiger partial charge < -0.3 is 10.1 Å². The van der Waals surface area contributed by atoms with Gasteiger partial charge in [-0.1, -0.05) is 35.6 Å². The lowest BCUT2D eigenvalue weighted by Crippen LogP contribution is -2.33. The highest BCUT2D eigenvalue weighted by atomic mass is 35.5. The number of methoxy groups -OCH3 is 1. The van der Waals surface area contributed by atoms with Gasteiger partial charge in [-0.15, -0.1) is 0 Å². The number of rotatable bonds is 5. The number of thiocarbonyl (C=S) groups is 1. The zero-order valence-electron chi connectivity index (χ0n) is 12.1. The summed E-state index contributed by atoms with van der Waals surface area (Å²) in [6.45, 7) is 2.09. The minimum absolute atomic E-state index is 0.0460. The summed E-state index contributed by atoms with van der Waals surface area (Å²) in [6, 6.07) is 4.99. The maximum Gasteiger partial charge on any atom is 0.241 e. The van der Waals surface area contributed by atoms with Crippen LogP contribution in [0.3, 0.4) is 0 Å². The topological polar surface area (TPSA) is 58.6 Å². The van der Waals surface area contributed by atoms with Crippen molar-refractivity contribution in [1.29, 1.82) is 0 Å². The summed E-state index contributed by atoms with van der Waals surface area (Å²) in [5.74, 6) is 0.287. The van der Waals surface area contributed by atoms with Crippen LogP contribution in [0.25, 0.3) is 0 Å². The van der Waals surface area contributed by atoms with E-state index in [9.17, 15) is 9.59 Å². The molecule has 0 spiro atoms. The lowest BCUT2D eigenvalue weighted by Gasteiger charge is -2.15. The Kier molecular flexibility index (Phi) is 5.66. The average molecular weight is 359 g/mol. The second-order valence-corrected chi connectivity index (χ2v) is 7.05. The van der Waals surface area contributed by atoms with Gasteiger partial charge in [0.05, 0.1) is 17.4 Å². The van der Waals surface area contributed by atoms with Crippen LogP contribution in [0.5, 0.6) is 5.75 Å². The van der Waals surface area contributed by atoms with Gasteiger partial charge in [0.25, 0.3) is 0 Å². The van der Waals surface area contributed by atoms with E-state index in [0.717, 1.165) is 0 Å². The molecule has 0 aliphatic carbocycles. The van der Waals surface area contributed by atoms with Crippen molar-refractivity contribution in [3.05, 3.63) is 23.2 Å². The zero-order chi connectivity index (χ0) is 16.3. The smallest absolute Gasteiger partial charge is 0.241 e. The quantitative estimate of drug-likeness (QED) is 0.820. The molecular formula is C14H15ClN2O3S2. The van der Waals surface area contributed by atoms with Crippen LogP contribution in [0.4, 0.5) is 5.69 Å². The molecule has 0 saturated carbocycles. The first kappa shape index (κ1) is 17.1. The Hall–Kier alpha value is -1.31. The Morgan fingerprint density at radius 1 is 1.55 bits per heavy atom. The largest absolute Gasteiger partial charge is 0.495 e. The first-order valence-corrected chi connectivity index (χ1v) is 8.24. The number of carbonyl (C=O) groups is 2. The number of hydrogen-bond donors (Lipinski definition) is 1. The SMILES string of the molecule is COc1ccc(NC(=O)CCN2C(=O)C(C)SC2=S)cc1Cl. The molecule has 0 bridgehead atoms. The number of carbonyl (C=O) groups excluding carboxylic acids is 2. The molecule has 1 N–H and O–H groups in total. The summed E-state index contributed by atoms with van der Waals surface area (Å²) in [4.78, 5) is 25.3. The van der Waals surface area contributed by atoms with Crippen molar-refractivity contribution in [2.75, 3.05) is 19.0 Å². The summed E-state index contributed by atoms with van der Waals surface area (Å²) in [6.07, 6.45) is 0.169. The van der Waals surface area contributed by atoms with E-state index < -0.39 is 0 Å². The highest BCUT2D eigenvalue weighted by Crippen LogP contribution is 2.28. The van der Waals surface area contributed by atoms with Crippen molar-refractivity contribution in [1.82, 2.24) is 4.90 Å². The van der Waals surface area contributed by atoms with Crippen molar-refractivity contribution < 1.29 is 14.3 Å². The Morgan fingerprint density at radius 3 is 2.82 bits per heavy atom. The molecule has 0 aromatic heterocycles. The number of nitrogens with one attached hydrogen (secondary N) is 1. The molecule has 1 aromatic carbocycles. The molecule has 118 valence electrons. The van der Waals surface area contributed by atoms with Gasteiger partial charge in [0.1, 0.15) is 10.1 Å². The monoisotopic (exact) mass is 358 g/mol. The van der Waals surface area contributed by atoms with Gasteiger partial charge >= 0.3 is 0 Å². The standard InChI is InChI=1S/C14H15ClN2O3S2/c1-8-13(19)17(14(21)22-8)6-5-12(18)16-9-3-4-11(20-2)10(15)7-9/h3-4,7-8H,5-6H2,1-2H3,(H,16,18). The predicted octanol–water partition coefficient (Wildman–Crippen LogP) is 2.93. The van der Waals surface area contributed by atoms with E-state index in [4.69, 9.17) is 28.6 Å². The van der Waals surface area contributed by atoms with Gasteiger partial charge in [0.2, 0.25) is 11.8 Å². The predicted molar refractivity (Wildman–Crippen MR) is 92.6 cm³/mol. The van der Waals surface area contributed by atoms with Crippen LogP contribution in [0.1, 0.15) is 13.3 Å². The van der Waals surface area contributed by atoms with Crippen molar-refractivity contribution in [2.45, 2.75) is 18.6 Å². The Labute approximate surface area is 143 Å². The molecule has 1 atom stereocenters. The normalized spacial score (nSPS) is 17.8. The number of nitrogens with zero attached hydrogens (tertiary/aromatic N) is 1. The third-order valence-electron chi connectivity index (χ3n) is 3.11. The van der Waals surface area contributed by atoms with Gasteiger partial charge in [-0.2, -0.15) is 0 Å². The molecule has 2 rings (SSSR count). The number of thioether (sulfide) groups is 1. The van der Waals surface area contributed by atoms with Crippen molar-refractivity contribution in [3.8, 4) is 5.75 Å². The number of ether oxygens (including phenoxy) is 1. The average Bonchev–Trinajstić information content (AvgIpc) is 2.70. The maximum absolute atomic E-state index is 12.0. The maximum atomic E-state index is 12.0. The van der Waals surface area contributed by atoms with Gasteiger partial charge in [-0.25, -0.2) is 0 Å². The van der Waals surface area contributed by atoms with Gasteiger partial charge in [0.15, 0.2) is 0 Å². The van der Waals surface area contributed by atoms with Crippen LogP contribution in [0.2, 0.25) is 5.02 Å². The number of hydrogen-bond acceptors (Lipinski definition) is 5.